The summed E-state index contributed by atoms with van der Waals surface area (Å²) in [5, 5.41) is 0.808. The maximum absolute atomic E-state index is 12.2. The van der Waals surface area contributed by atoms with Crippen molar-refractivity contribution in [1.82, 2.24) is 4.57 Å². The number of aromatic nitrogens is 1. The van der Waals surface area contributed by atoms with Crippen LogP contribution in [0, 0.1) is 0 Å². The number of halogens is 4. The van der Waals surface area contributed by atoms with Gasteiger partial charge >= 0.3 is 6.18 Å². The largest absolute Gasteiger partial charge is 0.406 e. The van der Waals surface area contributed by atoms with Crippen molar-refractivity contribution in [3.63, 3.8) is 0 Å². The Morgan fingerprint density at radius 3 is 2.60 bits per heavy atom. The fraction of sp³-hybridized carbons (Fsp3) is 0.200. The lowest BCUT2D eigenvalue weighted by atomic mass is 10.2. The van der Waals surface area contributed by atoms with E-state index in [1.165, 1.54) is 10.8 Å². The molecule has 1 nitrogen and oxygen atoms in total. The van der Waals surface area contributed by atoms with E-state index in [0.29, 0.717) is 5.52 Å². The Balaban J connectivity index is 2.48. The van der Waals surface area contributed by atoms with Gasteiger partial charge in [-0.15, -0.1) is 0 Å². The minimum Gasteiger partial charge on any atom is -0.338 e. The first-order valence-electron chi connectivity index (χ1n) is 4.27. The smallest absolute Gasteiger partial charge is 0.338 e. The van der Waals surface area contributed by atoms with Crippen molar-refractivity contribution in [3.05, 3.63) is 34.9 Å². The van der Waals surface area contributed by atoms with Crippen molar-refractivity contribution in [3.8, 4) is 0 Å². The standard InChI is InChI=1S/C10H7BrF3N/c11-8-2-1-7-3-4-15(9(7)5-8)6-10(12,13)14/h1-5H,6H2. The van der Waals surface area contributed by atoms with Gasteiger partial charge in [0.1, 0.15) is 6.54 Å². The van der Waals surface area contributed by atoms with Crippen molar-refractivity contribution in [2.75, 3.05) is 0 Å². The SMILES string of the molecule is FC(F)(F)Cn1ccc2ccc(Br)cc21. The van der Waals surface area contributed by atoms with Crippen molar-refractivity contribution in [2.45, 2.75) is 12.7 Å². The summed E-state index contributed by atoms with van der Waals surface area (Å²) in [5.74, 6) is 0. The first kappa shape index (κ1) is 10.5. The minimum atomic E-state index is -4.19. The van der Waals surface area contributed by atoms with Gasteiger partial charge in [-0.05, 0) is 23.6 Å². The van der Waals surface area contributed by atoms with Crippen LogP contribution in [0.15, 0.2) is 34.9 Å². The zero-order chi connectivity index (χ0) is 11.1. The molecule has 0 atom stereocenters. The number of fused-ring (bicyclic) bond motifs is 1. The molecule has 0 N–H and O–H groups in total. The molecule has 1 aromatic carbocycles. The van der Waals surface area contributed by atoms with Crippen LogP contribution in [0.4, 0.5) is 13.2 Å². The molecule has 0 aliphatic carbocycles. The van der Waals surface area contributed by atoms with E-state index in [0.717, 1.165) is 9.86 Å². The third-order valence-corrected chi connectivity index (χ3v) is 2.58. The highest BCUT2D eigenvalue weighted by Crippen LogP contribution is 2.24. The summed E-state index contributed by atoms with van der Waals surface area (Å²) >= 11 is 3.24. The van der Waals surface area contributed by atoms with Crippen molar-refractivity contribution >= 4 is 26.8 Å². The summed E-state index contributed by atoms with van der Waals surface area (Å²) in [4.78, 5) is 0. The number of alkyl halides is 3. The molecule has 0 saturated carbocycles. The Morgan fingerprint density at radius 2 is 1.93 bits per heavy atom. The van der Waals surface area contributed by atoms with Crippen LogP contribution in [0.5, 0.6) is 0 Å². The van der Waals surface area contributed by atoms with E-state index in [1.54, 1.807) is 24.3 Å². The van der Waals surface area contributed by atoms with E-state index >= 15 is 0 Å². The van der Waals surface area contributed by atoms with Gasteiger partial charge in [-0.3, -0.25) is 0 Å². The highest BCUT2D eigenvalue weighted by Gasteiger charge is 2.28. The third kappa shape index (κ3) is 2.34. The zero-order valence-corrected chi connectivity index (χ0v) is 9.14. The highest BCUT2D eigenvalue weighted by molar-refractivity contribution is 9.10. The average Bonchev–Trinajstić information content (AvgIpc) is 2.46. The molecule has 1 aromatic heterocycles. The molecular weight excluding hydrogens is 271 g/mol. The van der Waals surface area contributed by atoms with Gasteiger partial charge in [-0.1, -0.05) is 22.0 Å². The summed E-state index contributed by atoms with van der Waals surface area (Å²) < 4.78 is 38.6. The predicted molar refractivity (Wildman–Crippen MR) is 55.7 cm³/mol. The van der Waals surface area contributed by atoms with E-state index in [2.05, 4.69) is 15.9 Å². The topological polar surface area (TPSA) is 4.93 Å². The van der Waals surface area contributed by atoms with E-state index in [4.69, 9.17) is 0 Å². The summed E-state index contributed by atoms with van der Waals surface area (Å²) in [6.45, 7) is -0.951. The first-order valence-corrected chi connectivity index (χ1v) is 5.06. The average molecular weight is 278 g/mol. The first-order chi connectivity index (χ1) is 6.96. The molecule has 0 bridgehead atoms. The third-order valence-electron chi connectivity index (χ3n) is 2.09. The summed E-state index contributed by atoms with van der Waals surface area (Å²) in [7, 11) is 0. The minimum absolute atomic E-state index is 0.585. The lowest BCUT2D eigenvalue weighted by Gasteiger charge is -2.08. The predicted octanol–water partition coefficient (Wildman–Crippen LogP) is 3.97. The van der Waals surface area contributed by atoms with Crippen molar-refractivity contribution in [2.24, 2.45) is 0 Å². The van der Waals surface area contributed by atoms with Crippen LogP contribution in [0.25, 0.3) is 10.9 Å². The zero-order valence-electron chi connectivity index (χ0n) is 7.55. The molecular formula is C10H7BrF3N. The molecule has 80 valence electrons. The molecule has 0 saturated heterocycles. The van der Waals surface area contributed by atoms with Crippen LogP contribution in [-0.2, 0) is 6.54 Å². The van der Waals surface area contributed by atoms with Gasteiger partial charge < -0.3 is 4.57 Å². The Labute approximate surface area is 92.6 Å². The van der Waals surface area contributed by atoms with Gasteiger partial charge in [-0.2, -0.15) is 13.2 Å². The molecule has 0 unspecified atom stereocenters. The number of rotatable bonds is 1. The van der Waals surface area contributed by atoms with Gasteiger partial charge in [0.2, 0.25) is 0 Å². The number of hydrogen-bond donors (Lipinski definition) is 0. The van der Waals surface area contributed by atoms with E-state index in [9.17, 15) is 13.2 Å². The number of nitrogens with zero attached hydrogens (tertiary/aromatic N) is 1. The molecule has 0 aliphatic rings. The molecule has 1 heterocycles. The Hall–Kier alpha value is -0.970. The molecule has 0 radical (unpaired) electrons. The number of benzene rings is 1. The summed E-state index contributed by atoms with van der Waals surface area (Å²) in [5.41, 5.74) is 0.585. The van der Waals surface area contributed by atoms with E-state index in [-0.39, 0.29) is 0 Å². The van der Waals surface area contributed by atoms with Gasteiger partial charge in [0.15, 0.2) is 0 Å². The fourth-order valence-electron chi connectivity index (χ4n) is 1.49. The van der Waals surface area contributed by atoms with Crippen LogP contribution < -0.4 is 0 Å². The fourth-order valence-corrected chi connectivity index (χ4v) is 1.84. The molecule has 0 spiro atoms. The molecule has 2 rings (SSSR count). The summed E-state index contributed by atoms with van der Waals surface area (Å²) in [6.07, 6.45) is -2.74. The second-order valence-corrected chi connectivity index (χ2v) is 4.18. The van der Waals surface area contributed by atoms with Crippen molar-refractivity contribution < 1.29 is 13.2 Å². The van der Waals surface area contributed by atoms with Crippen molar-refractivity contribution in [1.29, 1.82) is 0 Å². The van der Waals surface area contributed by atoms with Crippen LogP contribution in [-0.4, -0.2) is 10.7 Å². The second-order valence-electron chi connectivity index (χ2n) is 3.26. The maximum Gasteiger partial charge on any atom is 0.406 e. The van der Waals surface area contributed by atoms with Crippen LogP contribution in [0.1, 0.15) is 0 Å². The second kappa shape index (κ2) is 3.56. The van der Waals surface area contributed by atoms with Gasteiger partial charge in [0.05, 0.1) is 0 Å². The Morgan fingerprint density at radius 1 is 1.20 bits per heavy atom. The molecule has 0 amide bonds. The summed E-state index contributed by atoms with van der Waals surface area (Å²) in [6, 6.07) is 6.95. The lowest BCUT2D eigenvalue weighted by Crippen LogP contribution is -2.16. The highest BCUT2D eigenvalue weighted by atomic mass is 79.9. The van der Waals surface area contributed by atoms with Gasteiger partial charge in [0, 0.05) is 16.2 Å². The van der Waals surface area contributed by atoms with Gasteiger partial charge in [0.25, 0.3) is 0 Å². The normalized spacial score (nSPS) is 12.3. The van der Waals surface area contributed by atoms with Crippen LogP contribution in [0.2, 0.25) is 0 Å². The van der Waals surface area contributed by atoms with Crippen LogP contribution >= 0.6 is 15.9 Å². The molecule has 0 aliphatic heterocycles. The van der Waals surface area contributed by atoms with Gasteiger partial charge in [-0.25, -0.2) is 0 Å². The molecule has 2 aromatic rings. The molecule has 0 fully saturated rings. The quantitative estimate of drug-likeness (QED) is 0.744. The van der Waals surface area contributed by atoms with E-state index in [1.807, 2.05) is 0 Å². The van der Waals surface area contributed by atoms with Crippen LogP contribution in [0.3, 0.4) is 0 Å². The molecule has 15 heavy (non-hydrogen) atoms. The lowest BCUT2D eigenvalue weighted by molar-refractivity contribution is -0.139. The maximum atomic E-state index is 12.2. The monoisotopic (exact) mass is 277 g/mol. The Bertz CT molecular complexity index is 487. The number of hydrogen-bond acceptors (Lipinski definition) is 0. The Kier molecular flexibility index (Phi) is 2.50. The van der Waals surface area contributed by atoms with E-state index < -0.39 is 12.7 Å². The molecule has 5 heteroatoms.